The van der Waals surface area contributed by atoms with E-state index in [-0.39, 0.29) is 0 Å². The van der Waals surface area contributed by atoms with Gasteiger partial charge in [0.15, 0.2) is 0 Å². The minimum atomic E-state index is 0.557. The highest BCUT2D eigenvalue weighted by Gasteiger charge is 2.21. The van der Waals surface area contributed by atoms with Gasteiger partial charge in [-0.05, 0) is 42.9 Å². The second kappa shape index (κ2) is 7.84. The van der Waals surface area contributed by atoms with E-state index in [1.807, 2.05) is 0 Å². The largest absolute Gasteiger partial charge is 0.384 e. The Morgan fingerprint density at radius 1 is 1.45 bits per heavy atom. The number of halogens is 1. The van der Waals surface area contributed by atoms with E-state index in [2.05, 4.69) is 24.0 Å². The van der Waals surface area contributed by atoms with Gasteiger partial charge in [-0.1, -0.05) is 13.3 Å². The summed E-state index contributed by atoms with van der Waals surface area (Å²) >= 11 is 6.02. The second-order valence-corrected chi connectivity index (χ2v) is 5.89. The number of rotatable bonds is 6. The molecule has 1 fully saturated rings. The summed E-state index contributed by atoms with van der Waals surface area (Å²) in [4.78, 5) is 7.21. The average Bonchev–Trinajstić information content (AvgIpc) is 2.48. The third-order valence-electron chi connectivity index (χ3n) is 3.83. The van der Waals surface area contributed by atoms with Crippen LogP contribution in [0.4, 0.5) is 5.82 Å². The third kappa shape index (κ3) is 4.10. The van der Waals surface area contributed by atoms with Crippen molar-refractivity contribution < 1.29 is 4.74 Å². The molecular weight excluding hydrogens is 272 g/mol. The normalized spacial score (nSPS) is 19.4. The molecular formula is C16H25ClN2O. The Kier molecular flexibility index (Phi) is 6.11. The fraction of sp³-hybridized carbons (Fsp3) is 0.688. The Labute approximate surface area is 127 Å². The number of hydrogen-bond donors (Lipinski definition) is 0. The van der Waals surface area contributed by atoms with E-state index >= 15 is 0 Å². The number of aryl methyl sites for hydroxylation is 1. The fourth-order valence-electron chi connectivity index (χ4n) is 2.90. The van der Waals surface area contributed by atoms with E-state index in [0.717, 1.165) is 44.0 Å². The van der Waals surface area contributed by atoms with Crippen LogP contribution in [-0.2, 0) is 17.0 Å². The van der Waals surface area contributed by atoms with Crippen LogP contribution in [-0.4, -0.2) is 31.8 Å². The first-order chi connectivity index (χ1) is 9.76. The van der Waals surface area contributed by atoms with Crippen LogP contribution in [0.5, 0.6) is 0 Å². The molecule has 0 spiro atoms. The lowest BCUT2D eigenvalue weighted by atomic mass is 9.99. The molecule has 1 unspecified atom stereocenters. The van der Waals surface area contributed by atoms with E-state index in [4.69, 9.17) is 21.3 Å². The van der Waals surface area contributed by atoms with E-state index < -0.39 is 0 Å². The fourth-order valence-corrected chi connectivity index (χ4v) is 3.06. The molecule has 0 radical (unpaired) electrons. The van der Waals surface area contributed by atoms with Gasteiger partial charge in [0.25, 0.3) is 0 Å². The van der Waals surface area contributed by atoms with Gasteiger partial charge in [0, 0.05) is 31.8 Å². The van der Waals surface area contributed by atoms with Crippen molar-refractivity contribution in [1.82, 2.24) is 4.98 Å². The maximum atomic E-state index is 6.02. The minimum Gasteiger partial charge on any atom is -0.384 e. The number of methoxy groups -OCH3 is 1. The van der Waals surface area contributed by atoms with Gasteiger partial charge < -0.3 is 9.64 Å². The molecule has 1 aromatic rings. The highest BCUT2D eigenvalue weighted by Crippen LogP contribution is 2.24. The lowest BCUT2D eigenvalue weighted by Crippen LogP contribution is -2.37. The lowest BCUT2D eigenvalue weighted by molar-refractivity contribution is 0.143. The van der Waals surface area contributed by atoms with Gasteiger partial charge in [0.05, 0.1) is 6.61 Å². The number of anilines is 1. The molecule has 1 aliphatic heterocycles. The predicted octanol–water partition coefficient (Wildman–Crippen LogP) is 3.64. The molecule has 0 aliphatic carbocycles. The third-order valence-corrected chi connectivity index (χ3v) is 4.14. The maximum Gasteiger partial charge on any atom is 0.129 e. The molecule has 2 rings (SSSR count). The SMILES string of the molecule is CCCc1cc(CCl)cc(N2CCCC(COC)C2)n1. The lowest BCUT2D eigenvalue weighted by Gasteiger charge is -2.33. The summed E-state index contributed by atoms with van der Waals surface area (Å²) in [5.41, 5.74) is 2.34. The van der Waals surface area contributed by atoms with Crippen LogP contribution in [0.1, 0.15) is 37.4 Å². The second-order valence-electron chi connectivity index (χ2n) is 5.62. The Balaban J connectivity index is 2.15. The molecule has 1 atom stereocenters. The number of aromatic nitrogens is 1. The van der Waals surface area contributed by atoms with Crippen LogP contribution in [0.15, 0.2) is 12.1 Å². The summed E-state index contributed by atoms with van der Waals surface area (Å²) in [7, 11) is 1.78. The summed E-state index contributed by atoms with van der Waals surface area (Å²) in [5.74, 6) is 2.26. The molecule has 1 saturated heterocycles. The van der Waals surface area contributed by atoms with Crippen LogP contribution in [0.2, 0.25) is 0 Å². The van der Waals surface area contributed by atoms with Gasteiger partial charge >= 0.3 is 0 Å². The summed E-state index contributed by atoms with van der Waals surface area (Å²) < 4.78 is 5.30. The van der Waals surface area contributed by atoms with Crippen molar-refractivity contribution in [2.45, 2.75) is 38.5 Å². The van der Waals surface area contributed by atoms with Crippen LogP contribution in [0, 0.1) is 5.92 Å². The topological polar surface area (TPSA) is 25.4 Å². The minimum absolute atomic E-state index is 0.557. The monoisotopic (exact) mass is 296 g/mol. The maximum absolute atomic E-state index is 6.02. The van der Waals surface area contributed by atoms with Crippen molar-refractivity contribution in [1.29, 1.82) is 0 Å². The van der Waals surface area contributed by atoms with Gasteiger partial charge in [0.2, 0.25) is 0 Å². The molecule has 0 bridgehead atoms. The Morgan fingerprint density at radius 2 is 2.30 bits per heavy atom. The van der Waals surface area contributed by atoms with E-state index in [9.17, 15) is 0 Å². The first-order valence-electron chi connectivity index (χ1n) is 7.56. The van der Waals surface area contributed by atoms with Crippen molar-refractivity contribution in [3.8, 4) is 0 Å². The van der Waals surface area contributed by atoms with Crippen molar-refractivity contribution in [3.63, 3.8) is 0 Å². The first kappa shape index (κ1) is 15.6. The number of hydrogen-bond acceptors (Lipinski definition) is 3. The standard InChI is InChI=1S/C16H25ClN2O/c1-3-5-15-8-14(10-17)9-16(18-15)19-7-4-6-13(11-19)12-20-2/h8-9,13H,3-7,10-12H2,1-2H3. The molecule has 1 aromatic heterocycles. The van der Waals surface area contributed by atoms with Gasteiger partial charge in [-0.3, -0.25) is 0 Å². The zero-order chi connectivity index (χ0) is 14.4. The van der Waals surface area contributed by atoms with Crippen molar-refractivity contribution in [3.05, 3.63) is 23.4 Å². The number of alkyl halides is 1. The summed E-state index contributed by atoms with van der Waals surface area (Å²) in [5, 5.41) is 0. The van der Waals surface area contributed by atoms with Crippen LogP contribution >= 0.6 is 11.6 Å². The van der Waals surface area contributed by atoms with Crippen LogP contribution < -0.4 is 4.90 Å². The molecule has 0 saturated carbocycles. The van der Waals surface area contributed by atoms with Gasteiger partial charge in [-0.2, -0.15) is 0 Å². The quantitative estimate of drug-likeness (QED) is 0.750. The molecule has 2 heterocycles. The average molecular weight is 297 g/mol. The summed E-state index contributed by atoms with van der Waals surface area (Å²) in [6.07, 6.45) is 4.60. The molecule has 3 nitrogen and oxygen atoms in total. The first-order valence-corrected chi connectivity index (χ1v) is 8.10. The molecule has 1 aliphatic rings. The molecule has 0 aromatic carbocycles. The highest BCUT2D eigenvalue weighted by atomic mass is 35.5. The molecule has 0 amide bonds. The van der Waals surface area contributed by atoms with E-state index in [1.54, 1.807) is 7.11 Å². The summed E-state index contributed by atoms with van der Waals surface area (Å²) in [6, 6.07) is 4.28. The smallest absolute Gasteiger partial charge is 0.129 e. The molecule has 112 valence electrons. The van der Waals surface area contributed by atoms with Crippen molar-refractivity contribution >= 4 is 17.4 Å². The highest BCUT2D eigenvalue weighted by molar-refractivity contribution is 6.17. The van der Waals surface area contributed by atoms with Crippen molar-refractivity contribution in [2.24, 2.45) is 5.92 Å². The zero-order valence-electron chi connectivity index (χ0n) is 12.6. The predicted molar refractivity (Wildman–Crippen MR) is 84.6 cm³/mol. The van der Waals surface area contributed by atoms with Gasteiger partial charge in [-0.15, -0.1) is 11.6 Å². The Hall–Kier alpha value is -0.800. The number of ether oxygens (including phenoxy) is 1. The number of piperidine rings is 1. The Morgan fingerprint density at radius 3 is 3.00 bits per heavy atom. The number of pyridine rings is 1. The Bertz CT molecular complexity index is 423. The van der Waals surface area contributed by atoms with E-state index in [0.29, 0.717) is 11.8 Å². The summed E-state index contributed by atoms with van der Waals surface area (Å²) in [6.45, 7) is 5.15. The van der Waals surface area contributed by atoms with Gasteiger partial charge in [-0.25, -0.2) is 4.98 Å². The van der Waals surface area contributed by atoms with Gasteiger partial charge in [0.1, 0.15) is 5.82 Å². The van der Waals surface area contributed by atoms with Crippen LogP contribution in [0.25, 0.3) is 0 Å². The molecule has 0 N–H and O–H groups in total. The van der Waals surface area contributed by atoms with Crippen molar-refractivity contribution in [2.75, 3.05) is 31.7 Å². The number of nitrogens with zero attached hydrogens (tertiary/aromatic N) is 2. The van der Waals surface area contributed by atoms with E-state index in [1.165, 1.54) is 18.4 Å². The molecule has 4 heteroatoms. The zero-order valence-corrected chi connectivity index (χ0v) is 13.3. The molecule has 20 heavy (non-hydrogen) atoms. The van der Waals surface area contributed by atoms with Crippen LogP contribution in [0.3, 0.4) is 0 Å².